The molecule has 0 atom stereocenters. The number of carbonyl (C=O) groups is 1. The number of amides is 1. The molecule has 0 saturated heterocycles. The zero-order valence-corrected chi connectivity index (χ0v) is 15.4. The van der Waals surface area contributed by atoms with Crippen LogP contribution in [0.3, 0.4) is 0 Å². The molecule has 140 valence electrons. The minimum absolute atomic E-state index is 0.234. The maximum absolute atomic E-state index is 12.7. The molecule has 0 aliphatic carbocycles. The smallest absolute Gasteiger partial charge is 0.257 e. The first-order chi connectivity index (χ1) is 13.8. The van der Waals surface area contributed by atoms with Gasteiger partial charge in [-0.2, -0.15) is 5.10 Å². The number of fused-ring (bicyclic) bond motifs is 1. The van der Waals surface area contributed by atoms with E-state index in [2.05, 4.69) is 20.4 Å². The van der Waals surface area contributed by atoms with Crippen LogP contribution < -0.4 is 10.1 Å². The molecule has 0 aliphatic rings. The highest BCUT2D eigenvalue weighted by atomic mass is 16.5. The molecule has 0 spiro atoms. The normalized spacial score (nSPS) is 10.8. The van der Waals surface area contributed by atoms with Crippen LogP contribution in [0.15, 0.2) is 67.1 Å². The number of ether oxygens (including phenoxy) is 1. The van der Waals surface area contributed by atoms with Crippen molar-refractivity contribution in [1.29, 1.82) is 0 Å². The predicted molar refractivity (Wildman–Crippen MR) is 105 cm³/mol. The van der Waals surface area contributed by atoms with Gasteiger partial charge in [-0.25, -0.2) is 14.5 Å². The van der Waals surface area contributed by atoms with Crippen LogP contribution in [0.25, 0.3) is 16.9 Å². The number of hydrogen-bond donors (Lipinski definition) is 1. The van der Waals surface area contributed by atoms with E-state index in [0.29, 0.717) is 30.2 Å². The van der Waals surface area contributed by atoms with Crippen LogP contribution in [0.2, 0.25) is 0 Å². The predicted octanol–water partition coefficient (Wildman–Crippen LogP) is 3.12. The van der Waals surface area contributed by atoms with E-state index < -0.39 is 0 Å². The third kappa shape index (κ3) is 3.55. The van der Waals surface area contributed by atoms with Crippen molar-refractivity contribution < 1.29 is 9.53 Å². The molecule has 3 heterocycles. The maximum Gasteiger partial charge on any atom is 0.257 e. The highest BCUT2D eigenvalue weighted by molar-refractivity contribution is 5.99. The third-order valence-electron chi connectivity index (χ3n) is 4.26. The third-order valence-corrected chi connectivity index (χ3v) is 4.26. The Morgan fingerprint density at radius 3 is 2.75 bits per heavy atom. The van der Waals surface area contributed by atoms with Gasteiger partial charge in [0.15, 0.2) is 5.65 Å². The van der Waals surface area contributed by atoms with E-state index >= 15 is 0 Å². The second-order valence-corrected chi connectivity index (χ2v) is 6.11. The molecule has 4 aromatic rings. The molecule has 28 heavy (non-hydrogen) atoms. The summed E-state index contributed by atoms with van der Waals surface area (Å²) in [5.41, 5.74) is 3.73. The molecule has 3 aromatic heterocycles. The van der Waals surface area contributed by atoms with Crippen LogP contribution in [0.4, 0.5) is 0 Å². The van der Waals surface area contributed by atoms with E-state index in [1.54, 1.807) is 23.1 Å². The molecule has 0 fully saturated rings. The average molecular weight is 373 g/mol. The first-order valence-corrected chi connectivity index (χ1v) is 9.00. The summed E-state index contributed by atoms with van der Waals surface area (Å²) in [6.07, 6.45) is 4.89. The average Bonchev–Trinajstić information content (AvgIpc) is 3.17. The van der Waals surface area contributed by atoms with Crippen LogP contribution >= 0.6 is 0 Å². The Labute approximate surface area is 162 Å². The van der Waals surface area contributed by atoms with Gasteiger partial charge in [-0.1, -0.05) is 30.3 Å². The Bertz CT molecular complexity index is 1110. The molecule has 0 saturated carbocycles. The quantitative estimate of drug-likeness (QED) is 0.562. The molecule has 0 aliphatic heterocycles. The molecule has 4 rings (SSSR count). The number of pyridine rings is 1. The topological polar surface area (TPSA) is 81.4 Å². The van der Waals surface area contributed by atoms with E-state index in [1.807, 2.05) is 55.5 Å². The van der Waals surface area contributed by atoms with Gasteiger partial charge in [0.1, 0.15) is 5.56 Å². The molecule has 0 bridgehead atoms. The van der Waals surface area contributed by atoms with E-state index in [4.69, 9.17) is 4.74 Å². The van der Waals surface area contributed by atoms with Crippen molar-refractivity contribution in [1.82, 2.24) is 24.9 Å². The highest BCUT2D eigenvalue weighted by Crippen LogP contribution is 2.20. The lowest BCUT2D eigenvalue weighted by molar-refractivity contribution is 0.0952. The first kappa shape index (κ1) is 17.7. The molecular weight excluding hydrogens is 354 g/mol. The molecule has 0 radical (unpaired) electrons. The number of benzene rings is 1. The van der Waals surface area contributed by atoms with Gasteiger partial charge in [-0.05, 0) is 24.6 Å². The van der Waals surface area contributed by atoms with E-state index in [0.717, 1.165) is 16.8 Å². The fourth-order valence-electron chi connectivity index (χ4n) is 2.94. The Balaban J connectivity index is 1.56. The fourth-order valence-corrected chi connectivity index (χ4v) is 2.94. The summed E-state index contributed by atoms with van der Waals surface area (Å²) in [5, 5.41) is 7.28. The lowest BCUT2D eigenvalue weighted by Gasteiger charge is -2.07. The Kier molecular flexibility index (Phi) is 4.97. The first-order valence-electron chi connectivity index (χ1n) is 9.00. The van der Waals surface area contributed by atoms with Crippen molar-refractivity contribution in [2.45, 2.75) is 13.5 Å². The van der Waals surface area contributed by atoms with Crippen molar-refractivity contribution in [2.24, 2.45) is 0 Å². The highest BCUT2D eigenvalue weighted by Gasteiger charge is 2.16. The Morgan fingerprint density at radius 1 is 1.11 bits per heavy atom. The molecule has 1 aromatic carbocycles. The van der Waals surface area contributed by atoms with Crippen molar-refractivity contribution in [3.63, 3.8) is 0 Å². The van der Waals surface area contributed by atoms with Crippen molar-refractivity contribution in [3.05, 3.63) is 78.2 Å². The van der Waals surface area contributed by atoms with Gasteiger partial charge in [0.25, 0.3) is 5.91 Å². The summed E-state index contributed by atoms with van der Waals surface area (Å²) >= 11 is 0. The second-order valence-electron chi connectivity index (χ2n) is 6.11. The second kappa shape index (κ2) is 7.87. The number of carbonyl (C=O) groups excluding carboxylic acids is 1. The Hall–Kier alpha value is -3.74. The van der Waals surface area contributed by atoms with Crippen molar-refractivity contribution >= 4 is 11.6 Å². The molecule has 1 amide bonds. The lowest BCUT2D eigenvalue weighted by atomic mass is 10.1. The minimum atomic E-state index is -0.234. The molecule has 7 heteroatoms. The van der Waals surface area contributed by atoms with Crippen LogP contribution in [0.5, 0.6) is 5.88 Å². The van der Waals surface area contributed by atoms with E-state index in [9.17, 15) is 4.79 Å². The summed E-state index contributed by atoms with van der Waals surface area (Å²) < 4.78 is 7.08. The van der Waals surface area contributed by atoms with Crippen molar-refractivity contribution in [3.8, 4) is 17.1 Å². The van der Waals surface area contributed by atoms with Gasteiger partial charge in [0.2, 0.25) is 5.88 Å². The molecular formula is C21H19N5O2. The summed E-state index contributed by atoms with van der Waals surface area (Å²) in [6, 6.07) is 15.4. The largest absolute Gasteiger partial charge is 0.478 e. The number of nitrogens with zero attached hydrogens (tertiary/aromatic N) is 4. The lowest BCUT2D eigenvalue weighted by Crippen LogP contribution is -2.22. The van der Waals surface area contributed by atoms with Gasteiger partial charge >= 0.3 is 0 Å². The summed E-state index contributed by atoms with van der Waals surface area (Å²) in [6.45, 7) is 2.80. The minimum Gasteiger partial charge on any atom is -0.478 e. The number of aromatic nitrogens is 4. The Morgan fingerprint density at radius 2 is 1.93 bits per heavy atom. The van der Waals surface area contributed by atoms with Gasteiger partial charge in [-0.15, -0.1) is 0 Å². The van der Waals surface area contributed by atoms with Crippen LogP contribution in [0.1, 0.15) is 22.8 Å². The fraction of sp³-hybridized carbons (Fsp3) is 0.143. The SMILES string of the molecule is CCOc1cc(CNC(=O)c2cnn3c(-c4ccccc4)ccnc23)ccn1. The van der Waals surface area contributed by atoms with E-state index in [-0.39, 0.29) is 5.91 Å². The van der Waals surface area contributed by atoms with Gasteiger partial charge < -0.3 is 10.1 Å². The van der Waals surface area contributed by atoms with Gasteiger partial charge in [0, 0.05) is 30.6 Å². The maximum atomic E-state index is 12.7. The number of rotatable bonds is 6. The number of hydrogen-bond acceptors (Lipinski definition) is 5. The van der Waals surface area contributed by atoms with Gasteiger partial charge in [0.05, 0.1) is 18.5 Å². The van der Waals surface area contributed by atoms with Crippen LogP contribution in [-0.2, 0) is 6.54 Å². The van der Waals surface area contributed by atoms with Gasteiger partial charge in [-0.3, -0.25) is 4.79 Å². The standard InChI is InChI=1S/C21H19N5O2/c1-2-28-19-12-15(8-10-22-19)13-24-21(27)17-14-25-26-18(9-11-23-20(17)26)16-6-4-3-5-7-16/h3-12,14H,2,13H2,1H3,(H,24,27). The van der Waals surface area contributed by atoms with Crippen LogP contribution in [-0.4, -0.2) is 32.1 Å². The summed E-state index contributed by atoms with van der Waals surface area (Å²) in [7, 11) is 0. The van der Waals surface area contributed by atoms with Crippen LogP contribution in [0, 0.1) is 0 Å². The van der Waals surface area contributed by atoms with E-state index in [1.165, 1.54) is 0 Å². The van der Waals surface area contributed by atoms with Crippen molar-refractivity contribution in [2.75, 3.05) is 6.61 Å². The summed E-state index contributed by atoms with van der Waals surface area (Å²) in [5.74, 6) is 0.307. The zero-order chi connectivity index (χ0) is 19.3. The zero-order valence-electron chi connectivity index (χ0n) is 15.4. The monoisotopic (exact) mass is 373 g/mol. The molecule has 7 nitrogen and oxygen atoms in total. The summed E-state index contributed by atoms with van der Waals surface area (Å²) in [4.78, 5) is 21.2. The molecule has 1 N–H and O–H groups in total. The molecule has 0 unspecified atom stereocenters. The number of nitrogens with one attached hydrogen (secondary N) is 1.